The molecule has 1 aromatic carbocycles. The summed E-state index contributed by atoms with van der Waals surface area (Å²) in [6.45, 7) is 0. The molecule has 2 N–H and O–H groups in total. The number of aromatic nitrogens is 1. The SMILES string of the molecule is Nc1ccccc1C(F)c1cccnc1. The van der Waals surface area contributed by atoms with Gasteiger partial charge in [-0.25, -0.2) is 4.39 Å². The molecule has 0 aliphatic rings. The summed E-state index contributed by atoms with van der Waals surface area (Å²) in [4.78, 5) is 3.88. The number of para-hydroxylation sites is 1. The monoisotopic (exact) mass is 202 g/mol. The lowest BCUT2D eigenvalue weighted by Crippen LogP contribution is -1.99. The fourth-order valence-electron chi connectivity index (χ4n) is 1.45. The van der Waals surface area contributed by atoms with E-state index in [1.165, 1.54) is 6.20 Å². The molecule has 1 heterocycles. The molecule has 0 aliphatic heterocycles. The van der Waals surface area contributed by atoms with Crippen molar-refractivity contribution in [3.63, 3.8) is 0 Å². The van der Waals surface area contributed by atoms with Gasteiger partial charge in [0.25, 0.3) is 0 Å². The van der Waals surface area contributed by atoms with Gasteiger partial charge < -0.3 is 5.73 Å². The quantitative estimate of drug-likeness (QED) is 0.760. The molecule has 0 radical (unpaired) electrons. The highest BCUT2D eigenvalue weighted by Crippen LogP contribution is 2.29. The van der Waals surface area contributed by atoms with E-state index in [9.17, 15) is 4.39 Å². The minimum Gasteiger partial charge on any atom is -0.398 e. The number of pyridine rings is 1. The predicted molar refractivity (Wildman–Crippen MR) is 58.0 cm³/mol. The van der Waals surface area contributed by atoms with Gasteiger partial charge in [-0.1, -0.05) is 24.3 Å². The molecule has 0 amide bonds. The van der Waals surface area contributed by atoms with Gasteiger partial charge in [0, 0.05) is 29.2 Å². The van der Waals surface area contributed by atoms with Crippen LogP contribution < -0.4 is 5.73 Å². The van der Waals surface area contributed by atoms with Crippen molar-refractivity contribution >= 4 is 5.69 Å². The number of hydrogen-bond acceptors (Lipinski definition) is 2. The Labute approximate surface area is 87.6 Å². The van der Waals surface area contributed by atoms with E-state index < -0.39 is 6.17 Å². The fraction of sp³-hybridized carbons (Fsp3) is 0.0833. The number of nitrogens with two attached hydrogens (primary N) is 1. The average Bonchev–Trinajstić information content (AvgIpc) is 2.30. The first-order valence-corrected chi connectivity index (χ1v) is 4.67. The Morgan fingerprint density at radius 1 is 1.13 bits per heavy atom. The number of hydrogen-bond donors (Lipinski definition) is 1. The Morgan fingerprint density at radius 3 is 2.60 bits per heavy atom. The van der Waals surface area contributed by atoms with Crippen molar-refractivity contribution in [2.24, 2.45) is 0 Å². The van der Waals surface area contributed by atoms with E-state index in [0.717, 1.165) is 0 Å². The van der Waals surface area contributed by atoms with Gasteiger partial charge in [-0.2, -0.15) is 0 Å². The molecular formula is C12H11FN2. The number of benzene rings is 1. The van der Waals surface area contributed by atoms with Gasteiger partial charge >= 0.3 is 0 Å². The Hall–Kier alpha value is -1.90. The predicted octanol–water partition coefficient (Wildman–Crippen LogP) is 2.72. The van der Waals surface area contributed by atoms with Crippen LogP contribution in [0, 0.1) is 0 Å². The van der Waals surface area contributed by atoms with E-state index in [-0.39, 0.29) is 0 Å². The molecule has 3 heteroatoms. The molecule has 1 atom stereocenters. The third-order valence-electron chi connectivity index (χ3n) is 2.25. The summed E-state index contributed by atoms with van der Waals surface area (Å²) in [5, 5.41) is 0. The molecule has 1 unspecified atom stereocenters. The molecule has 76 valence electrons. The van der Waals surface area contributed by atoms with Crippen molar-refractivity contribution in [1.82, 2.24) is 4.98 Å². The van der Waals surface area contributed by atoms with Crippen LogP contribution in [0.1, 0.15) is 17.3 Å². The first-order chi connectivity index (χ1) is 7.29. The fourth-order valence-corrected chi connectivity index (χ4v) is 1.45. The summed E-state index contributed by atoms with van der Waals surface area (Å²) >= 11 is 0. The van der Waals surface area contributed by atoms with Crippen molar-refractivity contribution in [1.29, 1.82) is 0 Å². The van der Waals surface area contributed by atoms with Crippen molar-refractivity contribution in [2.75, 3.05) is 5.73 Å². The van der Waals surface area contributed by atoms with E-state index in [1.54, 1.807) is 42.6 Å². The van der Waals surface area contributed by atoms with Crippen LogP contribution in [-0.2, 0) is 0 Å². The smallest absolute Gasteiger partial charge is 0.154 e. The number of halogens is 1. The van der Waals surface area contributed by atoms with Crippen molar-refractivity contribution in [3.8, 4) is 0 Å². The van der Waals surface area contributed by atoms with Gasteiger partial charge in [0.15, 0.2) is 6.17 Å². The van der Waals surface area contributed by atoms with Crippen LogP contribution in [0.15, 0.2) is 48.8 Å². The summed E-state index contributed by atoms with van der Waals surface area (Å²) in [6.07, 6.45) is 1.92. The Bertz CT molecular complexity index is 442. The summed E-state index contributed by atoms with van der Waals surface area (Å²) in [5.41, 5.74) is 7.18. The number of nitrogens with zero attached hydrogens (tertiary/aromatic N) is 1. The van der Waals surface area contributed by atoms with Crippen LogP contribution in [-0.4, -0.2) is 4.98 Å². The lowest BCUT2D eigenvalue weighted by atomic mass is 10.0. The van der Waals surface area contributed by atoms with Crippen LogP contribution in [0.25, 0.3) is 0 Å². The molecule has 0 spiro atoms. The Balaban J connectivity index is 2.37. The van der Waals surface area contributed by atoms with Crippen molar-refractivity contribution in [2.45, 2.75) is 6.17 Å². The van der Waals surface area contributed by atoms with Gasteiger partial charge in [0.2, 0.25) is 0 Å². The zero-order valence-electron chi connectivity index (χ0n) is 8.10. The number of rotatable bonds is 2. The highest BCUT2D eigenvalue weighted by Gasteiger charge is 2.14. The van der Waals surface area contributed by atoms with Gasteiger partial charge in [-0.3, -0.25) is 4.98 Å². The zero-order chi connectivity index (χ0) is 10.7. The molecule has 0 saturated carbocycles. The minimum absolute atomic E-state index is 0.467. The molecule has 0 aliphatic carbocycles. The summed E-state index contributed by atoms with van der Waals surface area (Å²) < 4.78 is 14.0. The van der Waals surface area contributed by atoms with E-state index in [2.05, 4.69) is 4.98 Å². The maximum absolute atomic E-state index is 14.0. The molecule has 2 rings (SSSR count). The summed E-state index contributed by atoms with van der Waals surface area (Å²) in [6, 6.07) is 10.3. The molecular weight excluding hydrogens is 191 g/mol. The van der Waals surface area contributed by atoms with E-state index in [0.29, 0.717) is 16.8 Å². The second kappa shape index (κ2) is 4.09. The van der Waals surface area contributed by atoms with Crippen LogP contribution in [0.2, 0.25) is 0 Å². The zero-order valence-corrected chi connectivity index (χ0v) is 8.10. The highest BCUT2D eigenvalue weighted by molar-refractivity contribution is 5.50. The standard InChI is InChI=1S/C12H11FN2/c13-12(9-4-3-7-15-8-9)10-5-1-2-6-11(10)14/h1-8,12H,14H2. The van der Waals surface area contributed by atoms with Gasteiger partial charge in [-0.05, 0) is 12.1 Å². The van der Waals surface area contributed by atoms with E-state index in [1.807, 2.05) is 0 Å². The van der Waals surface area contributed by atoms with Gasteiger partial charge in [0.05, 0.1) is 0 Å². The van der Waals surface area contributed by atoms with Gasteiger partial charge in [0.1, 0.15) is 0 Å². The van der Waals surface area contributed by atoms with Crippen molar-refractivity contribution < 1.29 is 4.39 Å². The second-order valence-corrected chi connectivity index (χ2v) is 3.28. The summed E-state index contributed by atoms with van der Waals surface area (Å²) in [5.74, 6) is 0. The topological polar surface area (TPSA) is 38.9 Å². The molecule has 2 aromatic rings. The lowest BCUT2D eigenvalue weighted by molar-refractivity contribution is 0.402. The molecule has 1 aromatic heterocycles. The second-order valence-electron chi connectivity index (χ2n) is 3.28. The molecule has 2 nitrogen and oxygen atoms in total. The van der Waals surface area contributed by atoms with Crippen LogP contribution in [0.4, 0.5) is 10.1 Å². The highest BCUT2D eigenvalue weighted by atomic mass is 19.1. The maximum atomic E-state index is 14.0. The first kappa shape index (κ1) is 9.65. The lowest BCUT2D eigenvalue weighted by Gasteiger charge is -2.10. The number of anilines is 1. The van der Waals surface area contributed by atoms with Crippen LogP contribution in [0.3, 0.4) is 0 Å². The number of alkyl halides is 1. The average molecular weight is 202 g/mol. The van der Waals surface area contributed by atoms with Crippen molar-refractivity contribution in [3.05, 3.63) is 59.9 Å². The first-order valence-electron chi connectivity index (χ1n) is 4.67. The van der Waals surface area contributed by atoms with E-state index in [4.69, 9.17) is 5.73 Å². The molecule has 0 bridgehead atoms. The van der Waals surface area contributed by atoms with Gasteiger partial charge in [-0.15, -0.1) is 0 Å². The molecule has 0 fully saturated rings. The molecule has 0 saturated heterocycles. The third-order valence-corrected chi connectivity index (χ3v) is 2.25. The van der Waals surface area contributed by atoms with E-state index >= 15 is 0 Å². The number of nitrogen functional groups attached to an aromatic ring is 1. The van der Waals surface area contributed by atoms with Crippen LogP contribution in [0.5, 0.6) is 0 Å². The minimum atomic E-state index is -1.21. The molecule has 15 heavy (non-hydrogen) atoms. The summed E-state index contributed by atoms with van der Waals surface area (Å²) in [7, 11) is 0. The third kappa shape index (κ3) is 1.96. The Kier molecular flexibility index (Phi) is 2.63. The normalized spacial score (nSPS) is 12.3. The largest absolute Gasteiger partial charge is 0.398 e. The Morgan fingerprint density at radius 2 is 1.93 bits per heavy atom. The van der Waals surface area contributed by atoms with Crippen LogP contribution >= 0.6 is 0 Å². The maximum Gasteiger partial charge on any atom is 0.154 e.